The average Bonchev–Trinajstić information content (AvgIpc) is 2.60. The Bertz CT molecular complexity index is 964. The van der Waals surface area contributed by atoms with Crippen LogP contribution < -0.4 is 10.4 Å². The molecule has 3 aromatic rings. The highest BCUT2D eigenvalue weighted by Gasteiger charge is 2.22. The van der Waals surface area contributed by atoms with E-state index in [1.54, 1.807) is 13.1 Å². The van der Waals surface area contributed by atoms with Gasteiger partial charge in [0.05, 0.1) is 5.56 Å². The molecule has 24 heavy (non-hydrogen) atoms. The number of hydrogen-bond donors (Lipinski definition) is 0. The summed E-state index contributed by atoms with van der Waals surface area (Å²) >= 11 is 0. The standard InChI is InChI=1S/C19H18N2O3/c1-12-13(2)19(22)24-18-15(12)5-6-17-16(18)10-21(11-23-17)9-14-4-3-7-20-8-14/h3-8H,9-11H2,1-2H3. The molecule has 0 bridgehead atoms. The molecule has 0 spiro atoms. The fourth-order valence-electron chi connectivity index (χ4n) is 3.11. The lowest BCUT2D eigenvalue weighted by molar-refractivity contribution is 0.0889. The zero-order valence-corrected chi connectivity index (χ0v) is 13.7. The maximum atomic E-state index is 12.1. The smallest absolute Gasteiger partial charge is 0.339 e. The van der Waals surface area contributed by atoms with E-state index in [1.165, 1.54) is 0 Å². The quantitative estimate of drug-likeness (QED) is 0.678. The Hall–Kier alpha value is -2.66. The molecule has 122 valence electrons. The van der Waals surface area contributed by atoms with E-state index < -0.39 is 0 Å². The number of aryl methyl sites for hydroxylation is 1. The largest absolute Gasteiger partial charge is 0.478 e. The minimum Gasteiger partial charge on any atom is -0.478 e. The van der Waals surface area contributed by atoms with Crippen molar-refractivity contribution in [3.63, 3.8) is 0 Å². The summed E-state index contributed by atoms with van der Waals surface area (Å²) in [5.41, 5.74) is 4.04. The van der Waals surface area contributed by atoms with Crippen molar-refractivity contribution in [1.82, 2.24) is 9.88 Å². The summed E-state index contributed by atoms with van der Waals surface area (Å²) in [6, 6.07) is 7.90. The highest BCUT2D eigenvalue weighted by atomic mass is 16.5. The van der Waals surface area contributed by atoms with Gasteiger partial charge in [0, 0.05) is 36.4 Å². The first-order valence-electron chi connectivity index (χ1n) is 7.93. The fraction of sp³-hybridized carbons (Fsp3) is 0.263. The topological polar surface area (TPSA) is 55.6 Å². The minimum absolute atomic E-state index is 0.280. The number of nitrogens with zero attached hydrogens (tertiary/aromatic N) is 2. The summed E-state index contributed by atoms with van der Waals surface area (Å²) < 4.78 is 11.5. The lowest BCUT2D eigenvalue weighted by Gasteiger charge is -2.29. The van der Waals surface area contributed by atoms with Crippen LogP contribution in [0.25, 0.3) is 11.0 Å². The van der Waals surface area contributed by atoms with Gasteiger partial charge in [0.15, 0.2) is 0 Å². The molecule has 4 rings (SSSR count). The van der Waals surface area contributed by atoms with E-state index in [0.29, 0.717) is 24.4 Å². The van der Waals surface area contributed by atoms with Crippen LogP contribution in [-0.2, 0) is 13.1 Å². The summed E-state index contributed by atoms with van der Waals surface area (Å²) in [5, 5.41) is 0.970. The molecule has 0 saturated heterocycles. The fourth-order valence-corrected chi connectivity index (χ4v) is 3.11. The molecule has 1 aliphatic rings. The highest BCUT2D eigenvalue weighted by Crippen LogP contribution is 2.33. The van der Waals surface area contributed by atoms with Crippen LogP contribution in [0.1, 0.15) is 22.3 Å². The third-order valence-electron chi connectivity index (χ3n) is 4.60. The maximum Gasteiger partial charge on any atom is 0.339 e. The van der Waals surface area contributed by atoms with Crippen molar-refractivity contribution < 1.29 is 9.15 Å². The van der Waals surface area contributed by atoms with Gasteiger partial charge in [-0.25, -0.2) is 4.79 Å². The van der Waals surface area contributed by atoms with E-state index in [9.17, 15) is 4.79 Å². The minimum atomic E-state index is -0.280. The second-order valence-electron chi connectivity index (χ2n) is 6.18. The second-order valence-corrected chi connectivity index (χ2v) is 6.18. The summed E-state index contributed by atoms with van der Waals surface area (Å²) in [7, 11) is 0. The molecule has 0 amide bonds. The van der Waals surface area contributed by atoms with Crippen molar-refractivity contribution in [2.75, 3.05) is 6.73 Å². The molecule has 1 aromatic carbocycles. The predicted octanol–water partition coefficient (Wildman–Crippen LogP) is 3.16. The molecule has 0 radical (unpaired) electrons. The molecule has 3 heterocycles. The number of benzene rings is 1. The maximum absolute atomic E-state index is 12.1. The van der Waals surface area contributed by atoms with Crippen LogP contribution in [-0.4, -0.2) is 16.6 Å². The first-order chi connectivity index (χ1) is 11.6. The lowest BCUT2D eigenvalue weighted by atomic mass is 10.0. The predicted molar refractivity (Wildman–Crippen MR) is 90.9 cm³/mol. The number of aromatic nitrogens is 1. The molecule has 0 N–H and O–H groups in total. The van der Waals surface area contributed by atoms with Crippen LogP contribution in [0.15, 0.2) is 45.9 Å². The van der Waals surface area contributed by atoms with Gasteiger partial charge in [-0.15, -0.1) is 0 Å². The van der Waals surface area contributed by atoms with Crippen molar-refractivity contribution in [1.29, 1.82) is 0 Å². The summed E-state index contributed by atoms with van der Waals surface area (Å²) in [4.78, 5) is 18.4. The first-order valence-corrected chi connectivity index (χ1v) is 7.93. The van der Waals surface area contributed by atoms with Gasteiger partial charge in [-0.05, 0) is 43.2 Å². The van der Waals surface area contributed by atoms with E-state index in [1.807, 2.05) is 37.4 Å². The van der Waals surface area contributed by atoms with Gasteiger partial charge in [0.1, 0.15) is 18.1 Å². The van der Waals surface area contributed by atoms with Crippen LogP contribution >= 0.6 is 0 Å². The Morgan fingerprint density at radius 3 is 2.88 bits per heavy atom. The van der Waals surface area contributed by atoms with Gasteiger partial charge in [-0.2, -0.15) is 0 Å². The van der Waals surface area contributed by atoms with E-state index in [2.05, 4.69) is 9.88 Å². The zero-order chi connectivity index (χ0) is 16.7. The van der Waals surface area contributed by atoms with Crippen molar-refractivity contribution in [3.05, 3.63) is 69.3 Å². The average molecular weight is 322 g/mol. The van der Waals surface area contributed by atoms with E-state index >= 15 is 0 Å². The monoisotopic (exact) mass is 322 g/mol. The van der Waals surface area contributed by atoms with Gasteiger partial charge in [0.2, 0.25) is 0 Å². The molecule has 0 unspecified atom stereocenters. The number of ether oxygens (including phenoxy) is 1. The molecular weight excluding hydrogens is 304 g/mol. The number of rotatable bonds is 2. The molecule has 0 atom stereocenters. The lowest BCUT2D eigenvalue weighted by Crippen LogP contribution is -2.31. The molecule has 0 aliphatic carbocycles. The summed E-state index contributed by atoms with van der Waals surface area (Å²) in [5.74, 6) is 0.788. The Morgan fingerprint density at radius 1 is 1.21 bits per heavy atom. The first kappa shape index (κ1) is 14.9. The molecule has 0 fully saturated rings. The van der Waals surface area contributed by atoms with E-state index in [-0.39, 0.29) is 5.63 Å². The van der Waals surface area contributed by atoms with Gasteiger partial charge < -0.3 is 9.15 Å². The van der Waals surface area contributed by atoms with Crippen LogP contribution in [0.4, 0.5) is 0 Å². The highest BCUT2D eigenvalue weighted by molar-refractivity contribution is 5.85. The van der Waals surface area contributed by atoms with E-state index in [4.69, 9.17) is 9.15 Å². The molecule has 5 heteroatoms. The van der Waals surface area contributed by atoms with Crippen molar-refractivity contribution in [2.24, 2.45) is 0 Å². The molecule has 0 saturated carbocycles. The molecule has 1 aliphatic heterocycles. The summed E-state index contributed by atoms with van der Waals surface area (Å²) in [6.07, 6.45) is 3.62. The zero-order valence-electron chi connectivity index (χ0n) is 13.7. The van der Waals surface area contributed by atoms with Gasteiger partial charge >= 0.3 is 5.63 Å². The number of pyridine rings is 1. The Morgan fingerprint density at radius 2 is 2.08 bits per heavy atom. The molecule has 5 nitrogen and oxygen atoms in total. The van der Waals surface area contributed by atoms with Crippen LogP contribution in [0.3, 0.4) is 0 Å². The van der Waals surface area contributed by atoms with Gasteiger partial charge in [-0.1, -0.05) is 6.07 Å². The molecule has 2 aromatic heterocycles. The summed E-state index contributed by atoms with van der Waals surface area (Å²) in [6.45, 7) is 5.66. The third kappa shape index (κ3) is 2.47. The Labute approximate surface area is 139 Å². The van der Waals surface area contributed by atoms with Crippen LogP contribution in [0.2, 0.25) is 0 Å². The third-order valence-corrected chi connectivity index (χ3v) is 4.60. The van der Waals surface area contributed by atoms with Crippen molar-refractivity contribution in [3.8, 4) is 5.75 Å². The number of fused-ring (bicyclic) bond motifs is 3. The van der Waals surface area contributed by atoms with Crippen LogP contribution in [0.5, 0.6) is 5.75 Å². The normalized spacial score (nSPS) is 14.4. The Balaban J connectivity index is 1.75. The SMILES string of the molecule is Cc1c(C)c2ccc3c(c2oc1=O)CN(Cc1cccnc1)CO3. The number of hydrogen-bond acceptors (Lipinski definition) is 5. The molecular formula is C19H18N2O3. The van der Waals surface area contributed by atoms with Crippen LogP contribution in [0, 0.1) is 13.8 Å². The van der Waals surface area contributed by atoms with Crippen molar-refractivity contribution in [2.45, 2.75) is 26.9 Å². The van der Waals surface area contributed by atoms with Gasteiger partial charge in [-0.3, -0.25) is 9.88 Å². The van der Waals surface area contributed by atoms with Gasteiger partial charge in [0.25, 0.3) is 0 Å². The van der Waals surface area contributed by atoms with E-state index in [0.717, 1.165) is 34.4 Å². The second kappa shape index (κ2) is 5.76. The Kier molecular flexibility index (Phi) is 3.58. The van der Waals surface area contributed by atoms with Crippen molar-refractivity contribution >= 4 is 11.0 Å².